The molecule has 0 aliphatic heterocycles. The molecule has 8 heteroatoms. The summed E-state index contributed by atoms with van der Waals surface area (Å²) in [6, 6.07) is 0. The van der Waals surface area contributed by atoms with Crippen molar-refractivity contribution >= 4 is 5.97 Å². The van der Waals surface area contributed by atoms with Gasteiger partial charge >= 0.3 is 18.3 Å². The first-order valence-corrected chi connectivity index (χ1v) is 7.13. The van der Waals surface area contributed by atoms with Gasteiger partial charge in [0, 0.05) is 0 Å². The van der Waals surface area contributed by atoms with Crippen LogP contribution in [0, 0.1) is 29.1 Å². The predicted octanol–water partition coefficient (Wildman–Crippen LogP) is 4.34. The molecule has 0 aromatic heterocycles. The largest absolute Gasteiger partial charge is 0.442 e. The number of carbonyl (C=O) groups excluding carboxylic acids is 1. The van der Waals surface area contributed by atoms with Crippen molar-refractivity contribution in [2.45, 2.75) is 52.1 Å². The van der Waals surface area contributed by atoms with Gasteiger partial charge in [0.1, 0.15) is 0 Å². The molecule has 0 aromatic carbocycles. The fraction of sp³-hybridized carbons (Fsp3) is 0.929. The molecule has 0 heterocycles. The van der Waals surface area contributed by atoms with Crippen molar-refractivity contribution in [3.05, 3.63) is 0 Å². The van der Waals surface area contributed by atoms with E-state index in [9.17, 15) is 31.1 Å². The Hall–Kier alpha value is -0.950. The molecule has 2 aliphatic carbocycles. The highest BCUT2D eigenvalue weighted by atomic mass is 19.4. The van der Waals surface area contributed by atoms with E-state index in [1.165, 1.54) is 6.92 Å². The van der Waals surface area contributed by atoms with Gasteiger partial charge in [0.25, 0.3) is 6.10 Å². The van der Waals surface area contributed by atoms with Crippen molar-refractivity contribution < 1.29 is 35.9 Å². The number of fused-ring (bicyclic) bond motifs is 2. The number of ether oxygens (including phenoxy) is 1. The molecule has 2 saturated carbocycles. The first-order chi connectivity index (χ1) is 9.78. The lowest BCUT2D eigenvalue weighted by Crippen LogP contribution is -2.49. The van der Waals surface area contributed by atoms with E-state index in [2.05, 4.69) is 4.74 Å². The van der Waals surface area contributed by atoms with Gasteiger partial charge in [-0.1, -0.05) is 13.8 Å². The van der Waals surface area contributed by atoms with Gasteiger partial charge in [0.15, 0.2) is 0 Å². The zero-order chi connectivity index (χ0) is 17.1. The van der Waals surface area contributed by atoms with E-state index in [1.807, 2.05) is 13.8 Å². The monoisotopic (exact) mass is 332 g/mol. The molecule has 2 nitrogen and oxygen atoms in total. The zero-order valence-corrected chi connectivity index (χ0v) is 12.4. The Morgan fingerprint density at radius 1 is 1.09 bits per heavy atom. The summed E-state index contributed by atoms with van der Waals surface area (Å²) in [5, 5.41) is 0. The number of esters is 1. The van der Waals surface area contributed by atoms with Crippen LogP contribution in [0.1, 0.15) is 33.6 Å². The summed E-state index contributed by atoms with van der Waals surface area (Å²) in [7, 11) is 0. The molecule has 2 rings (SSSR count). The number of halogens is 6. The van der Waals surface area contributed by atoms with E-state index in [4.69, 9.17) is 0 Å². The molecule has 0 spiro atoms. The van der Waals surface area contributed by atoms with Crippen LogP contribution in [-0.4, -0.2) is 24.4 Å². The predicted molar refractivity (Wildman–Crippen MR) is 64.6 cm³/mol. The Bertz CT molecular complexity index is 441. The van der Waals surface area contributed by atoms with E-state index >= 15 is 0 Å². The lowest BCUT2D eigenvalue weighted by molar-refractivity contribution is -0.316. The van der Waals surface area contributed by atoms with E-state index in [-0.39, 0.29) is 24.2 Å². The Labute approximate surface area is 124 Å². The topological polar surface area (TPSA) is 26.3 Å². The lowest BCUT2D eigenvalue weighted by Gasteiger charge is -2.39. The molecule has 0 saturated heterocycles. The summed E-state index contributed by atoms with van der Waals surface area (Å²) >= 11 is 0. The fourth-order valence-corrected chi connectivity index (χ4v) is 4.15. The average Bonchev–Trinajstić information content (AvgIpc) is 2.81. The second kappa shape index (κ2) is 5.03. The third kappa shape index (κ3) is 2.69. The van der Waals surface area contributed by atoms with Gasteiger partial charge < -0.3 is 4.74 Å². The Balaban J connectivity index is 2.19. The zero-order valence-electron chi connectivity index (χ0n) is 12.4. The molecule has 5 unspecified atom stereocenters. The summed E-state index contributed by atoms with van der Waals surface area (Å²) in [4.78, 5) is 12.1. The SMILES string of the molecule is CC1C2CC(C1C)C(C)(C(=O)OC(C(F)(F)F)C(F)(F)F)C2. The average molecular weight is 332 g/mol. The first kappa shape index (κ1) is 17.4. The smallest absolute Gasteiger partial charge is 0.434 e. The maximum Gasteiger partial charge on any atom is 0.434 e. The first-order valence-electron chi connectivity index (χ1n) is 7.13. The van der Waals surface area contributed by atoms with Crippen molar-refractivity contribution in [3.8, 4) is 0 Å². The van der Waals surface area contributed by atoms with E-state index < -0.39 is 29.8 Å². The highest BCUT2D eigenvalue weighted by Crippen LogP contribution is 2.61. The third-order valence-corrected chi connectivity index (χ3v) is 5.55. The van der Waals surface area contributed by atoms with Gasteiger partial charge in [-0.15, -0.1) is 0 Å². The van der Waals surface area contributed by atoms with Crippen LogP contribution in [0.4, 0.5) is 26.3 Å². The maximum absolute atomic E-state index is 12.5. The van der Waals surface area contributed by atoms with E-state index in [0.29, 0.717) is 12.3 Å². The number of hydrogen-bond donors (Lipinski definition) is 0. The highest BCUT2D eigenvalue weighted by Gasteiger charge is 2.64. The second-order valence-corrected chi connectivity index (χ2v) is 6.81. The molecule has 128 valence electrons. The molecule has 2 fully saturated rings. The fourth-order valence-electron chi connectivity index (χ4n) is 4.15. The number of alkyl halides is 6. The molecule has 2 aliphatic rings. The van der Waals surface area contributed by atoms with Gasteiger partial charge in [-0.3, -0.25) is 4.79 Å². The van der Waals surface area contributed by atoms with Crippen molar-refractivity contribution in [2.24, 2.45) is 29.1 Å². The van der Waals surface area contributed by atoms with Gasteiger partial charge in [-0.25, -0.2) is 0 Å². The molecule has 5 atom stereocenters. The molecule has 22 heavy (non-hydrogen) atoms. The summed E-state index contributed by atoms with van der Waals surface area (Å²) < 4.78 is 79.0. The molecular formula is C14H18F6O2. The van der Waals surface area contributed by atoms with Crippen molar-refractivity contribution in [3.63, 3.8) is 0 Å². The molecule has 0 N–H and O–H groups in total. The number of hydrogen-bond acceptors (Lipinski definition) is 2. The standard InChI is InChI=1S/C14H18F6O2/c1-6-7(2)9-4-8(6)5-12(9,3)11(21)22-10(13(15,16)17)14(18,19)20/h6-10H,4-5H2,1-3H3. The quantitative estimate of drug-likeness (QED) is 0.555. The van der Waals surface area contributed by atoms with Crippen LogP contribution in [0.15, 0.2) is 0 Å². The van der Waals surface area contributed by atoms with Crippen LogP contribution in [-0.2, 0) is 9.53 Å². The van der Waals surface area contributed by atoms with Crippen LogP contribution in [0.3, 0.4) is 0 Å². The Morgan fingerprint density at radius 3 is 1.95 bits per heavy atom. The third-order valence-electron chi connectivity index (χ3n) is 5.55. The normalized spacial score (nSPS) is 38.6. The minimum atomic E-state index is -5.67. The van der Waals surface area contributed by atoms with Crippen LogP contribution in [0.5, 0.6) is 0 Å². The van der Waals surface area contributed by atoms with Gasteiger partial charge in [0.2, 0.25) is 0 Å². The number of rotatable bonds is 2. The van der Waals surface area contributed by atoms with Crippen LogP contribution < -0.4 is 0 Å². The lowest BCUT2D eigenvalue weighted by atomic mass is 9.67. The van der Waals surface area contributed by atoms with Crippen LogP contribution in [0.25, 0.3) is 0 Å². The Morgan fingerprint density at radius 2 is 1.59 bits per heavy atom. The second-order valence-electron chi connectivity index (χ2n) is 6.81. The van der Waals surface area contributed by atoms with Crippen molar-refractivity contribution in [1.82, 2.24) is 0 Å². The highest BCUT2D eigenvalue weighted by molar-refractivity contribution is 5.78. The van der Waals surface area contributed by atoms with Gasteiger partial charge in [-0.05, 0) is 43.4 Å². The molecule has 0 aromatic rings. The van der Waals surface area contributed by atoms with E-state index in [1.54, 1.807) is 0 Å². The minimum absolute atomic E-state index is 0.0755. The summed E-state index contributed by atoms with van der Waals surface area (Å²) in [5.74, 6) is -1.09. The van der Waals surface area contributed by atoms with Crippen molar-refractivity contribution in [2.75, 3.05) is 0 Å². The molecule has 2 bridgehead atoms. The summed E-state index contributed by atoms with van der Waals surface area (Å²) in [6.07, 6.45) is -14.5. The van der Waals surface area contributed by atoms with E-state index in [0.717, 1.165) is 0 Å². The van der Waals surface area contributed by atoms with Gasteiger partial charge in [-0.2, -0.15) is 26.3 Å². The summed E-state index contributed by atoms with van der Waals surface area (Å²) in [6.45, 7) is 5.30. The van der Waals surface area contributed by atoms with Crippen LogP contribution >= 0.6 is 0 Å². The Kier molecular flexibility index (Phi) is 3.98. The maximum atomic E-state index is 12.5. The van der Waals surface area contributed by atoms with Gasteiger partial charge in [0.05, 0.1) is 5.41 Å². The van der Waals surface area contributed by atoms with Crippen molar-refractivity contribution in [1.29, 1.82) is 0 Å². The minimum Gasteiger partial charge on any atom is -0.442 e. The molecule has 0 radical (unpaired) electrons. The molecule has 0 amide bonds. The summed E-state index contributed by atoms with van der Waals surface area (Å²) in [5.41, 5.74) is -1.27. The number of carbonyl (C=O) groups is 1. The molecular weight excluding hydrogens is 314 g/mol. The van der Waals surface area contributed by atoms with Crippen LogP contribution in [0.2, 0.25) is 0 Å².